The van der Waals surface area contributed by atoms with Gasteiger partial charge in [0, 0.05) is 37.8 Å². The van der Waals surface area contributed by atoms with Crippen LogP contribution in [0.1, 0.15) is 31.9 Å². The number of nitrogens with one attached hydrogen (secondary N) is 1. The maximum atomic E-state index is 14.1. The highest BCUT2D eigenvalue weighted by molar-refractivity contribution is 5.85. The molecule has 0 saturated carbocycles. The van der Waals surface area contributed by atoms with E-state index < -0.39 is 23.5 Å². The summed E-state index contributed by atoms with van der Waals surface area (Å²) in [5.74, 6) is -2.41. The summed E-state index contributed by atoms with van der Waals surface area (Å²) in [5, 5.41) is 3.21. The highest BCUT2D eigenvalue weighted by Gasteiger charge is 2.29. The van der Waals surface area contributed by atoms with Gasteiger partial charge >= 0.3 is 0 Å². The van der Waals surface area contributed by atoms with Crippen molar-refractivity contribution in [3.8, 4) is 0 Å². The summed E-state index contributed by atoms with van der Waals surface area (Å²) in [6.07, 6.45) is 0.608. The largest absolute Gasteiger partial charge is 0.314 e. The molecule has 1 fully saturated rings. The number of nitrogens with zero attached hydrogens (tertiary/aromatic N) is 1. The standard InChI is InChI=1S/C15H21F3N2.ClH/c1-10(2)9-13(20-7-5-19-6-8-20)14-11(16)3-4-12(17)15(14)18;/h3-4,10,13,19H,5-9H2,1-2H3;1H/t13-;/m0./s1. The van der Waals surface area contributed by atoms with Crippen LogP contribution in [0.5, 0.6) is 0 Å². The topological polar surface area (TPSA) is 15.3 Å². The minimum atomic E-state index is -1.05. The number of rotatable bonds is 4. The molecule has 1 aliphatic rings. The Morgan fingerprint density at radius 1 is 1.10 bits per heavy atom. The van der Waals surface area contributed by atoms with E-state index in [-0.39, 0.29) is 23.9 Å². The van der Waals surface area contributed by atoms with Gasteiger partial charge in [0.2, 0.25) is 0 Å². The van der Waals surface area contributed by atoms with Crippen molar-refractivity contribution in [1.82, 2.24) is 10.2 Å². The van der Waals surface area contributed by atoms with Crippen molar-refractivity contribution in [3.05, 3.63) is 35.1 Å². The molecule has 0 aromatic heterocycles. The van der Waals surface area contributed by atoms with Gasteiger partial charge in [-0.3, -0.25) is 4.90 Å². The Labute approximate surface area is 130 Å². The first-order valence-corrected chi connectivity index (χ1v) is 7.09. The fourth-order valence-electron chi connectivity index (χ4n) is 2.74. The van der Waals surface area contributed by atoms with E-state index >= 15 is 0 Å². The van der Waals surface area contributed by atoms with Crippen LogP contribution >= 0.6 is 12.4 Å². The number of hydrogen-bond acceptors (Lipinski definition) is 2. The van der Waals surface area contributed by atoms with Gasteiger partial charge < -0.3 is 5.32 Å². The van der Waals surface area contributed by atoms with Gasteiger partial charge in [-0.05, 0) is 24.5 Å². The summed E-state index contributed by atoms with van der Waals surface area (Å²) in [6.45, 7) is 7.01. The van der Waals surface area contributed by atoms with Gasteiger partial charge in [0.05, 0.1) is 0 Å². The zero-order chi connectivity index (χ0) is 14.7. The first-order chi connectivity index (χ1) is 9.50. The van der Waals surface area contributed by atoms with Crippen molar-refractivity contribution in [1.29, 1.82) is 0 Å². The zero-order valence-corrected chi connectivity index (χ0v) is 13.2. The molecule has 1 heterocycles. The normalized spacial score (nSPS) is 17.6. The Balaban J connectivity index is 0.00000220. The molecule has 0 spiro atoms. The van der Waals surface area contributed by atoms with E-state index in [1.54, 1.807) is 0 Å². The lowest BCUT2D eigenvalue weighted by atomic mass is 9.94. The summed E-state index contributed by atoms with van der Waals surface area (Å²) < 4.78 is 41.5. The van der Waals surface area contributed by atoms with Crippen molar-refractivity contribution < 1.29 is 13.2 Å². The van der Waals surface area contributed by atoms with E-state index in [1.807, 2.05) is 18.7 Å². The molecule has 0 bridgehead atoms. The Kier molecular flexibility index (Phi) is 6.97. The van der Waals surface area contributed by atoms with Crippen molar-refractivity contribution in [3.63, 3.8) is 0 Å². The second-order valence-electron chi connectivity index (χ2n) is 5.69. The summed E-state index contributed by atoms with van der Waals surface area (Å²) in [5.41, 5.74) is -0.124. The lowest BCUT2D eigenvalue weighted by Gasteiger charge is -2.36. The molecule has 0 aliphatic carbocycles. The Morgan fingerprint density at radius 3 is 2.24 bits per heavy atom. The van der Waals surface area contributed by atoms with Gasteiger partial charge in [0.1, 0.15) is 5.82 Å². The fourth-order valence-corrected chi connectivity index (χ4v) is 2.74. The summed E-state index contributed by atoms with van der Waals surface area (Å²) in [6, 6.07) is 1.45. The van der Waals surface area contributed by atoms with Gasteiger partial charge in [-0.25, -0.2) is 13.2 Å². The van der Waals surface area contributed by atoms with Crippen LogP contribution in [0, 0.1) is 23.4 Å². The van der Waals surface area contributed by atoms with Crippen LogP contribution in [0.15, 0.2) is 12.1 Å². The van der Waals surface area contributed by atoms with Gasteiger partial charge in [-0.2, -0.15) is 0 Å². The lowest BCUT2D eigenvalue weighted by Crippen LogP contribution is -2.45. The average molecular weight is 323 g/mol. The molecule has 1 atom stereocenters. The second-order valence-corrected chi connectivity index (χ2v) is 5.69. The molecule has 0 unspecified atom stereocenters. The van der Waals surface area contributed by atoms with Crippen molar-refractivity contribution in [2.24, 2.45) is 5.92 Å². The molecule has 1 N–H and O–H groups in total. The van der Waals surface area contributed by atoms with Crippen LogP contribution in [0.3, 0.4) is 0 Å². The van der Waals surface area contributed by atoms with Crippen molar-refractivity contribution in [2.75, 3.05) is 26.2 Å². The highest BCUT2D eigenvalue weighted by atomic mass is 35.5. The molecule has 1 aromatic carbocycles. The van der Waals surface area contributed by atoms with E-state index in [0.29, 0.717) is 19.5 Å². The third kappa shape index (κ3) is 4.34. The monoisotopic (exact) mass is 322 g/mol. The minimum Gasteiger partial charge on any atom is -0.314 e. The summed E-state index contributed by atoms with van der Waals surface area (Å²) in [4.78, 5) is 2.04. The maximum Gasteiger partial charge on any atom is 0.166 e. The van der Waals surface area contributed by atoms with E-state index in [1.165, 1.54) is 0 Å². The summed E-state index contributed by atoms with van der Waals surface area (Å²) in [7, 11) is 0. The van der Waals surface area contributed by atoms with E-state index in [2.05, 4.69) is 5.32 Å². The third-order valence-corrected chi connectivity index (χ3v) is 3.70. The maximum absolute atomic E-state index is 14.1. The molecule has 120 valence electrons. The zero-order valence-electron chi connectivity index (χ0n) is 12.3. The van der Waals surface area contributed by atoms with Crippen LogP contribution in [0.2, 0.25) is 0 Å². The molecular formula is C15H22ClF3N2. The Morgan fingerprint density at radius 2 is 1.67 bits per heavy atom. The van der Waals surface area contributed by atoms with Crippen molar-refractivity contribution >= 4 is 12.4 Å². The predicted octanol–water partition coefficient (Wildman–Crippen LogP) is 3.52. The highest BCUT2D eigenvalue weighted by Crippen LogP contribution is 2.32. The molecule has 0 amide bonds. The van der Waals surface area contributed by atoms with Crippen LogP contribution < -0.4 is 5.32 Å². The van der Waals surface area contributed by atoms with Crippen LogP contribution in [0.4, 0.5) is 13.2 Å². The Hall–Kier alpha value is -0.780. The second kappa shape index (κ2) is 8.01. The molecule has 1 aromatic rings. The lowest BCUT2D eigenvalue weighted by molar-refractivity contribution is 0.147. The molecule has 0 radical (unpaired) electrons. The van der Waals surface area contributed by atoms with Gasteiger partial charge in [0.15, 0.2) is 11.6 Å². The third-order valence-electron chi connectivity index (χ3n) is 3.70. The van der Waals surface area contributed by atoms with Gasteiger partial charge in [-0.1, -0.05) is 13.8 Å². The summed E-state index contributed by atoms with van der Waals surface area (Å²) >= 11 is 0. The molecular weight excluding hydrogens is 301 g/mol. The molecule has 2 rings (SSSR count). The smallest absolute Gasteiger partial charge is 0.166 e. The van der Waals surface area contributed by atoms with E-state index in [9.17, 15) is 13.2 Å². The quantitative estimate of drug-likeness (QED) is 0.853. The van der Waals surface area contributed by atoms with Gasteiger partial charge in [0.25, 0.3) is 0 Å². The molecule has 2 nitrogen and oxygen atoms in total. The average Bonchev–Trinajstić information content (AvgIpc) is 2.43. The SMILES string of the molecule is CC(C)C[C@@H](c1c(F)ccc(F)c1F)N1CCNCC1.Cl. The van der Waals surface area contributed by atoms with Crippen LogP contribution in [0.25, 0.3) is 0 Å². The number of piperazine rings is 1. The number of halogens is 4. The fraction of sp³-hybridized carbons (Fsp3) is 0.600. The first-order valence-electron chi connectivity index (χ1n) is 7.09. The molecule has 6 heteroatoms. The van der Waals surface area contributed by atoms with Crippen LogP contribution in [-0.2, 0) is 0 Å². The van der Waals surface area contributed by atoms with Crippen LogP contribution in [-0.4, -0.2) is 31.1 Å². The molecule has 1 saturated heterocycles. The number of hydrogen-bond donors (Lipinski definition) is 1. The minimum absolute atomic E-state index is 0. The predicted molar refractivity (Wildman–Crippen MR) is 80.2 cm³/mol. The molecule has 1 aliphatic heterocycles. The van der Waals surface area contributed by atoms with Crippen molar-refractivity contribution in [2.45, 2.75) is 26.3 Å². The molecule has 21 heavy (non-hydrogen) atoms. The van der Waals surface area contributed by atoms with Gasteiger partial charge in [-0.15, -0.1) is 12.4 Å². The Bertz CT molecular complexity index is 462. The van der Waals surface area contributed by atoms with E-state index in [4.69, 9.17) is 0 Å². The van der Waals surface area contributed by atoms with E-state index in [0.717, 1.165) is 25.2 Å². The first kappa shape index (κ1) is 18.3. The number of benzene rings is 1.